The Hall–Kier alpha value is -3.13. The van der Waals surface area contributed by atoms with Gasteiger partial charge in [0.1, 0.15) is 18.1 Å². The maximum absolute atomic E-state index is 13.1. The number of nitrogens with zero attached hydrogens (tertiary/aromatic N) is 1. The highest BCUT2D eigenvalue weighted by Crippen LogP contribution is 2.11. The van der Waals surface area contributed by atoms with Gasteiger partial charge < -0.3 is 37.5 Å². The van der Waals surface area contributed by atoms with Crippen LogP contribution >= 0.6 is 11.8 Å². The highest BCUT2D eigenvalue weighted by atomic mass is 32.2. The van der Waals surface area contributed by atoms with Crippen LogP contribution in [0, 0.1) is 5.92 Å². The molecule has 0 aromatic carbocycles. The molecular formula is C21H35N7O6S. The third-order valence-electron chi connectivity index (χ3n) is 5.39. The van der Waals surface area contributed by atoms with Crippen molar-refractivity contribution in [1.82, 2.24) is 25.9 Å². The summed E-state index contributed by atoms with van der Waals surface area (Å²) < 4.78 is 0. The fourth-order valence-electron chi connectivity index (χ4n) is 3.13. The molecule has 9 N–H and O–H groups in total. The van der Waals surface area contributed by atoms with E-state index in [1.54, 1.807) is 13.1 Å². The summed E-state index contributed by atoms with van der Waals surface area (Å²) in [5, 5.41) is 16.8. The molecule has 0 aliphatic rings. The van der Waals surface area contributed by atoms with Crippen LogP contribution in [0.25, 0.3) is 0 Å². The van der Waals surface area contributed by atoms with E-state index in [1.807, 2.05) is 13.2 Å². The molecule has 0 radical (unpaired) electrons. The van der Waals surface area contributed by atoms with Gasteiger partial charge in [-0.3, -0.25) is 19.2 Å². The molecule has 13 nitrogen and oxygen atoms in total. The fourth-order valence-corrected chi connectivity index (χ4v) is 3.60. The van der Waals surface area contributed by atoms with Gasteiger partial charge in [-0.15, -0.1) is 0 Å². The molecule has 5 unspecified atom stereocenters. The SMILES string of the molecule is CCC(C)C(NC(=O)C(N)Cc1cnc[nH]1)C(=O)NC(CCSC)C(=O)NC(CC(N)=O)C(=O)O. The first-order valence-electron chi connectivity index (χ1n) is 11.1. The Balaban J connectivity index is 2.95. The first kappa shape index (κ1) is 29.9. The van der Waals surface area contributed by atoms with E-state index >= 15 is 0 Å². The van der Waals surface area contributed by atoms with Crippen molar-refractivity contribution >= 4 is 41.4 Å². The maximum Gasteiger partial charge on any atom is 0.326 e. The predicted octanol–water partition coefficient (Wildman–Crippen LogP) is -1.51. The van der Waals surface area contributed by atoms with Crippen LogP contribution in [0.1, 0.15) is 38.8 Å². The van der Waals surface area contributed by atoms with Crippen molar-refractivity contribution in [2.45, 2.75) is 63.7 Å². The lowest BCUT2D eigenvalue weighted by Crippen LogP contribution is -2.59. The Labute approximate surface area is 207 Å². The van der Waals surface area contributed by atoms with Crippen LogP contribution < -0.4 is 27.4 Å². The zero-order chi connectivity index (χ0) is 26.5. The number of rotatable bonds is 16. The van der Waals surface area contributed by atoms with E-state index in [-0.39, 0.29) is 18.8 Å². The number of aliphatic carboxylic acids is 1. The van der Waals surface area contributed by atoms with Crippen LogP contribution in [-0.2, 0) is 30.4 Å². The second kappa shape index (κ2) is 15.0. The van der Waals surface area contributed by atoms with Gasteiger partial charge in [-0.25, -0.2) is 9.78 Å². The van der Waals surface area contributed by atoms with E-state index < -0.39 is 60.2 Å². The van der Waals surface area contributed by atoms with Crippen LogP contribution in [0.5, 0.6) is 0 Å². The van der Waals surface area contributed by atoms with Gasteiger partial charge in [0.2, 0.25) is 23.6 Å². The second-order valence-corrected chi connectivity index (χ2v) is 9.16. The zero-order valence-electron chi connectivity index (χ0n) is 20.1. The molecule has 1 heterocycles. The largest absolute Gasteiger partial charge is 0.480 e. The number of carboxylic acids is 1. The van der Waals surface area contributed by atoms with Crippen LogP contribution in [0.15, 0.2) is 12.5 Å². The summed E-state index contributed by atoms with van der Waals surface area (Å²) in [4.78, 5) is 67.9. The molecule has 0 saturated heterocycles. The first-order chi connectivity index (χ1) is 16.5. The van der Waals surface area contributed by atoms with Gasteiger partial charge in [-0.1, -0.05) is 20.3 Å². The molecule has 196 valence electrons. The Morgan fingerprint density at radius 3 is 2.29 bits per heavy atom. The van der Waals surface area contributed by atoms with E-state index in [0.717, 1.165) is 0 Å². The highest BCUT2D eigenvalue weighted by molar-refractivity contribution is 7.98. The molecule has 0 aliphatic heterocycles. The molecule has 14 heteroatoms. The summed E-state index contributed by atoms with van der Waals surface area (Å²) in [6.07, 6.45) is 5.17. The number of nitrogens with one attached hydrogen (secondary N) is 4. The Morgan fingerprint density at radius 2 is 1.77 bits per heavy atom. The fraction of sp³-hybridized carbons (Fsp3) is 0.619. The lowest BCUT2D eigenvalue weighted by Gasteiger charge is -2.28. The normalized spacial score (nSPS) is 15.2. The molecule has 1 rings (SSSR count). The third kappa shape index (κ3) is 10.3. The van der Waals surface area contributed by atoms with Crippen LogP contribution in [0.2, 0.25) is 0 Å². The maximum atomic E-state index is 13.1. The molecular weight excluding hydrogens is 478 g/mol. The number of H-pyrrole nitrogens is 1. The number of aromatic amines is 1. The van der Waals surface area contributed by atoms with E-state index in [4.69, 9.17) is 11.5 Å². The number of primary amides is 1. The number of amides is 4. The lowest BCUT2D eigenvalue weighted by atomic mass is 9.97. The van der Waals surface area contributed by atoms with Gasteiger partial charge in [0.25, 0.3) is 0 Å². The summed E-state index contributed by atoms with van der Waals surface area (Å²) >= 11 is 1.43. The van der Waals surface area contributed by atoms with Gasteiger partial charge in [-0.2, -0.15) is 11.8 Å². The highest BCUT2D eigenvalue weighted by Gasteiger charge is 2.32. The van der Waals surface area contributed by atoms with Gasteiger partial charge in [0.15, 0.2) is 0 Å². The molecule has 1 aromatic rings. The molecule has 5 atom stereocenters. The molecule has 1 aromatic heterocycles. The van der Waals surface area contributed by atoms with Crippen molar-refractivity contribution in [2.24, 2.45) is 17.4 Å². The third-order valence-corrected chi connectivity index (χ3v) is 6.03. The molecule has 0 spiro atoms. The molecule has 35 heavy (non-hydrogen) atoms. The average molecular weight is 514 g/mol. The van der Waals surface area contributed by atoms with Crippen molar-refractivity contribution < 1.29 is 29.1 Å². The second-order valence-electron chi connectivity index (χ2n) is 8.17. The number of thioether (sulfide) groups is 1. The molecule has 4 amide bonds. The topological polar surface area (TPSA) is 222 Å². The predicted molar refractivity (Wildman–Crippen MR) is 130 cm³/mol. The minimum atomic E-state index is -1.53. The van der Waals surface area contributed by atoms with Crippen LogP contribution in [-0.4, -0.2) is 80.8 Å². The number of aromatic nitrogens is 2. The lowest BCUT2D eigenvalue weighted by molar-refractivity contribution is -0.143. The van der Waals surface area contributed by atoms with E-state index in [0.29, 0.717) is 17.9 Å². The number of carboxylic acid groups (broad SMARTS) is 1. The first-order valence-corrected chi connectivity index (χ1v) is 12.5. The molecule has 0 saturated carbocycles. The standard InChI is InChI=1S/C21H35N7O6S/c1-4-11(2)17(28-18(30)13(22)7-12-9-24-10-25-12)20(32)26-14(5-6-35-3)19(31)27-15(21(33)34)8-16(23)29/h9-11,13-15,17H,4-8,22H2,1-3H3,(H2,23,29)(H,24,25)(H,26,32)(H,27,31)(H,28,30)(H,33,34). The zero-order valence-corrected chi connectivity index (χ0v) is 20.9. The molecule has 0 aliphatic carbocycles. The number of carbonyl (C=O) groups is 5. The minimum Gasteiger partial charge on any atom is -0.480 e. The average Bonchev–Trinajstić information content (AvgIpc) is 3.31. The smallest absolute Gasteiger partial charge is 0.326 e. The van der Waals surface area contributed by atoms with Gasteiger partial charge >= 0.3 is 5.97 Å². The molecule has 0 fully saturated rings. The summed E-state index contributed by atoms with van der Waals surface area (Å²) in [6, 6.07) is -4.53. The number of nitrogens with two attached hydrogens (primary N) is 2. The monoisotopic (exact) mass is 513 g/mol. The van der Waals surface area contributed by atoms with Crippen molar-refractivity contribution in [2.75, 3.05) is 12.0 Å². The van der Waals surface area contributed by atoms with Crippen molar-refractivity contribution in [3.05, 3.63) is 18.2 Å². The van der Waals surface area contributed by atoms with Crippen LogP contribution in [0.3, 0.4) is 0 Å². The number of carbonyl (C=O) groups excluding carboxylic acids is 4. The van der Waals surface area contributed by atoms with Crippen molar-refractivity contribution in [1.29, 1.82) is 0 Å². The molecule has 0 bridgehead atoms. The summed E-state index contributed by atoms with van der Waals surface area (Å²) in [7, 11) is 0. The van der Waals surface area contributed by atoms with Gasteiger partial charge in [0.05, 0.1) is 18.8 Å². The summed E-state index contributed by atoms with van der Waals surface area (Å²) in [5.74, 6) is -4.05. The van der Waals surface area contributed by atoms with E-state index in [1.165, 1.54) is 18.1 Å². The minimum absolute atomic E-state index is 0.190. The van der Waals surface area contributed by atoms with Gasteiger partial charge in [0, 0.05) is 18.3 Å². The van der Waals surface area contributed by atoms with Gasteiger partial charge in [-0.05, 0) is 24.3 Å². The number of imidazole rings is 1. The number of hydrogen-bond acceptors (Lipinski definition) is 8. The van der Waals surface area contributed by atoms with Crippen LogP contribution in [0.4, 0.5) is 0 Å². The summed E-state index contributed by atoms with van der Waals surface area (Å²) in [6.45, 7) is 3.62. The Kier molecular flexibility index (Phi) is 12.8. The Morgan fingerprint density at radius 1 is 1.11 bits per heavy atom. The Bertz CT molecular complexity index is 866. The number of hydrogen-bond donors (Lipinski definition) is 7. The van der Waals surface area contributed by atoms with Crippen molar-refractivity contribution in [3.63, 3.8) is 0 Å². The van der Waals surface area contributed by atoms with E-state index in [9.17, 15) is 29.1 Å². The summed E-state index contributed by atoms with van der Waals surface area (Å²) in [5.41, 5.74) is 11.7. The van der Waals surface area contributed by atoms with E-state index in [2.05, 4.69) is 25.9 Å². The quantitative estimate of drug-likeness (QED) is 0.136. The van der Waals surface area contributed by atoms with Crippen molar-refractivity contribution in [3.8, 4) is 0 Å².